The van der Waals surface area contributed by atoms with Gasteiger partial charge in [0, 0.05) is 32.4 Å². The van der Waals surface area contributed by atoms with E-state index in [1.54, 1.807) is 22.1 Å². The van der Waals surface area contributed by atoms with E-state index in [4.69, 9.17) is 4.98 Å². The molecule has 10 heteroatoms. The Labute approximate surface area is 168 Å². The van der Waals surface area contributed by atoms with Gasteiger partial charge in [0.25, 0.3) is 0 Å². The van der Waals surface area contributed by atoms with Crippen molar-refractivity contribution in [1.29, 1.82) is 0 Å². The summed E-state index contributed by atoms with van der Waals surface area (Å²) in [6.45, 7) is 10.9. The third-order valence-electron chi connectivity index (χ3n) is 4.92. The lowest BCUT2D eigenvalue weighted by atomic mass is 9.92. The highest BCUT2D eigenvalue weighted by Crippen LogP contribution is 2.29. The summed E-state index contributed by atoms with van der Waals surface area (Å²) in [5.74, 6) is 1.02. The van der Waals surface area contributed by atoms with Crippen molar-refractivity contribution in [2.75, 3.05) is 23.7 Å². The second-order valence-electron chi connectivity index (χ2n) is 7.93. The number of anilines is 3. The fourth-order valence-corrected chi connectivity index (χ4v) is 3.49. The van der Waals surface area contributed by atoms with Gasteiger partial charge in [0.15, 0.2) is 17.0 Å². The first kappa shape index (κ1) is 18.9. The van der Waals surface area contributed by atoms with Gasteiger partial charge < -0.3 is 20.1 Å². The standard InChI is InChI=1S/C19H25N9O/c1-6-14(29)27-9-19(4,10-27)25-18-23-16(22-13-7-21-26(5)8-13)15-17(24-18)28(11-20-15)12(2)3/h6-8,11-12H,1,9-10H2,2-5H3,(H2,22,23,24,25). The van der Waals surface area contributed by atoms with Gasteiger partial charge in [0.1, 0.15) is 0 Å². The van der Waals surface area contributed by atoms with Crippen LogP contribution in [0.25, 0.3) is 11.2 Å². The Kier molecular flexibility index (Phi) is 4.48. The highest BCUT2D eigenvalue weighted by atomic mass is 16.2. The summed E-state index contributed by atoms with van der Waals surface area (Å²) in [6, 6.07) is 0.203. The second-order valence-corrected chi connectivity index (χ2v) is 7.93. The van der Waals surface area contributed by atoms with Crippen molar-refractivity contribution >= 4 is 34.5 Å². The number of imidazole rings is 1. The molecule has 2 N–H and O–H groups in total. The number of rotatable bonds is 6. The molecular weight excluding hydrogens is 370 g/mol. The van der Waals surface area contributed by atoms with Crippen molar-refractivity contribution in [2.45, 2.75) is 32.4 Å². The lowest BCUT2D eigenvalue weighted by Gasteiger charge is -2.47. The number of carbonyl (C=O) groups excluding carboxylic acids is 1. The van der Waals surface area contributed by atoms with Crippen LogP contribution in [0.4, 0.5) is 17.5 Å². The number of aromatic nitrogens is 6. The van der Waals surface area contributed by atoms with Crippen LogP contribution in [0, 0.1) is 0 Å². The monoisotopic (exact) mass is 395 g/mol. The molecule has 1 aliphatic heterocycles. The van der Waals surface area contributed by atoms with Crippen molar-refractivity contribution in [3.8, 4) is 0 Å². The number of hydrogen-bond acceptors (Lipinski definition) is 7. The van der Waals surface area contributed by atoms with Crippen LogP contribution in [-0.4, -0.2) is 58.7 Å². The Morgan fingerprint density at radius 2 is 2.10 bits per heavy atom. The first-order valence-corrected chi connectivity index (χ1v) is 9.48. The van der Waals surface area contributed by atoms with Crippen molar-refractivity contribution in [3.05, 3.63) is 31.4 Å². The molecule has 152 valence electrons. The summed E-state index contributed by atoms with van der Waals surface area (Å²) in [5, 5.41) is 10.9. The largest absolute Gasteiger partial charge is 0.345 e. The minimum absolute atomic E-state index is 0.0718. The molecule has 0 bridgehead atoms. The second kappa shape index (κ2) is 6.87. The molecule has 1 fully saturated rings. The van der Waals surface area contributed by atoms with E-state index < -0.39 is 0 Å². The molecule has 3 aromatic heterocycles. The summed E-state index contributed by atoms with van der Waals surface area (Å²) in [7, 11) is 1.86. The maximum atomic E-state index is 11.8. The van der Waals surface area contributed by atoms with Gasteiger partial charge >= 0.3 is 0 Å². The van der Waals surface area contributed by atoms with Gasteiger partial charge in [-0.3, -0.25) is 9.48 Å². The first-order chi connectivity index (χ1) is 13.8. The number of nitrogens with zero attached hydrogens (tertiary/aromatic N) is 7. The van der Waals surface area contributed by atoms with Gasteiger partial charge in [-0.2, -0.15) is 15.1 Å². The van der Waals surface area contributed by atoms with Gasteiger partial charge in [-0.05, 0) is 26.8 Å². The molecule has 3 aromatic rings. The molecule has 0 aliphatic carbocycles. The fraction of sp³-hybridized carbons (Fsp3) is 0.421. The molecular formula is C19H25N9O. The van der Waals surface area contributed by atoms with Crippen LogP contribution in [0.2, 0.25) is 0 Å². The van der Waals surface area contributed by atoms with E-state index in [0.29, 0.717) is 30.4 Å². The molecule has 0 radical (unpaired) electrons. The Morgan fingerprint density at radius 3 is 2.72 bits per heavy atom. The molecule has 4 rings (SSSR count). The van der Waals surface area contributed by atoms with Gasteiger partial charge in [-0.1, -0.05) is 6.58 Å². The number of hydrogen-bond donors (Lipinski definition) is 2. The molecule has 29 heavy (non-hydrogen) atoms. The average molecular weight is 395 g/mol. The maximum Gasteiger partial charge on any atom is 0.246 e. The SMILES string of the molecule is C=CC(=O)N1CC(C)(Nc2nc(Nc3cnn(C)c3)c3ncn(C(C)C)c3n2)C1. The van der Waals surface area contributed by atoms with Crippen LogP contribution in [-0.2, 0) is 11.8 Å². The van der Waals surface area contributed by atoms with Crippen LogP contribution in [0.1, 0.15) is 26.8 Å². The zero-order chi connectivity index (χ0) is 20.8. The summed E-state index contributed by atoms with van der Waals surface area (Å²) < 4.78 is 3.72. The van der Waals surface area contributed by atoms with E-state index in [1.807, 2.05) is 24.7 Å². The first-order valence-electron chi connectivity index (χ1n) is 9.48. The number of nitrogens with one attached hydrogen (secondary N) is 2. The van der Waals surface area contributed by atoms with Crippen LogP contribution in [0.15, 0.2) is 31.4 Å². The lowest BCUT2D eigenvalue weighted by Crippen LogP contribution is -2.65. The van der Waals surface area contributed by atoms with Crippen LogP contribution in [0.5, 0.6) is 0 Å². The van der Waals surface area contributed by atoms with E-state index in [0.717, 1.165) is 11.3 Å². The number of fused-ring (bicyclic) bond motifs is 1. The Morgan fingerprint density at radius 1 is 1.34 bits per heavy atom. The highest BCUT2D eigenvalue weighted by Gasteiger charge is 2.41. The zero-order valence-corrected chi connectivity index (χ0v) is 17.0. The van der Waals surface area contributed by atoms with Crippen molar-refractivity contribution in [1.82, 2.24) is 34.2 Å². The van der Waals surface area contributed by atoms with Crippen LogP contribution in [0.3, 0.4) is 0 Å². The normalized spacial score (nSPS) is 15.4. The molecule has 0 unspecified atom stereocenters. The predicted molar refractivity (Wildman–Crippen MR) is 111 cm³/mol. The molecule has 0 atom stereocenters. The summed E-state index contributed by atoms with van der Waals surface area (Å²) >= 11 is 0. The molecule has 4 heterocycles. The van der Waals surface area contributed by atoms with E-state index >= 15 is 0 Å². The minimum atomic E-state index is -0.305. The van der Waals surface area contributed by atoms with Crippen molar-refractivity contribution in [2.24, 2.45) is 7.05 Å². The van der Waals surface area contributed by atoms with Gasteiger partial charge in [-0.15, -0.1) is 0 Å². The predicted octanol–water partition coefficient (Wildman–Crippen LogP) is 2.08. The smallest absolute Gasteiger partial charge is 0.246 e. The molecule has 0 spiro atoms. The van der Waals surface area contributed by atoms with Crippen molar-refractivity contribution < 1.29 is 4.79 Å². The quantitative estimate of drug-likeness (QED) is 0.616. The molecule has 1 saturated heterocycles. The summed E-state index contributed by atoms with van der Waals surface area (Å²) in [5.41, 5.74) is 1.94. The molecule has 0 saturated carbocycles. The van der Waals surface area contributed by atoms with Gasteiger partial charge in [0.05, 0.1) is 23.8 Å². The van der Waals surface area contributed by atoms with Crippen LogP contribution < -0.4 is 10.6 Å². The number of carbonyl (C=O) groups is 1. The third kappa shape index (κ3) is 3.53. The minimum Gasteiger partial charge on any atom is -0.345 e. The van der Waals surface area contributed by atoms with Crippen LogP contribution >= 0.6 is 0 Å². The summed E-state index contributed by atoms with van der Waals surface area (Å²) in [6.07, 6.45) is 6.70. The van der Waals surface area contributed by atoms with Gasteiger partial charge in [-0.25, -0.2) is 4.98 Å². The zero-order valence-electron chi connectivity index (χ0n) is 17.0. The van der Waals surface area contributed by atoms with E-state index in [9.17, 15) is 4.79 Å². The Bertz CT molecular complexity index is 1070. The molecule has 0 aromatic carbocycles. The number of amides is 1. The summed E-state index contributed by atoms with van der Waals surface area (Å²) in [4.78, 5) is 27.4. The Balaban J connectivity index is 1.67. The Hall–Kier alpha value is -3.43. The van der Waals surface area contributed by atoms with Gasteiger partial charge in [0.2, 0.25) is 11.9 Å². The van der Waals surface area contributed by atoms with Crippen molar-refractivity contribution in [3.63, 3.8) is 0 Å². The molecule has 10 nitrogen and oxygen atoms in total. The van der Waals surface area contributed by atoms with E-state index in [1.165, 1.54) is 6.08 Å². The van der Waals surface area contributed by atoms with E-state index in [2.05, 4.69) is 46.1 Å². The molecule has 1 amide bonds. The third-order valence-corrected chi connectivity index (χ3v) is 4.92. The lowest BCUT2D eigenvalue weighted by molar-refractivity contribution is -0.132. The molecule has 1 aliphatic rings. The topological polar surface area (TPSA) is 106 Å². The maximum absolute atomic E-state index is 11.8. The average Bonchev–Trinajstić information content (AvgIpc) is 3.25. The number of likely N-dealkylation sites (tertiary alicyclic amines) is 1. The fourth-order valence-electron chi connectivity index (χ4n) is 3.49. The van der Waals surface area contributed by atoms with E-state index in [-0.39, 0.29) is 17.5 Å². The highest BCUT2D eigenvalue weighted by molar-refractivity contribution is 5.88. The number of aryl methyl sites for hydroxylation is 1.